The first kappa shape index (κ1) is 14.9. The van der Waals surface area contributed by atoms with E-state index in [0.29, 0.717) is 25.6 Å². The van der Waals surface area contributed by atoms with Crippen LogP contribution in [-0.4, -0.2) is 17.5 Å². The number of rotatable bonds is 3. The highest BCUT2D eigenvalue weighted by molar-refractivity contribution is 6.17. The molecule has 0 spiro atoms. The van der Waals surface area contributed by atoms with Crippen molar-refractivity contribution in [1.82, 2.24) is 4.90 Å². The minimum Gasteiger partial charge on any atom is -0.445 e. The fourth-order valence-electron chi connectivity index (χ4n) is 2.66. The van der Waals surface area contributed by atoms with Crippen molar-refractivity contribution in [2.24, 2.45) is 0 Å². The molecule has 4 heteroatoms. The van der Waals surface area contributed by atoms with Gasteiger partial charge in [0, 0.05) is 19.0 Å². The van der Waals surface area contributed by atoms with E-state index in [1.165, 1.54) is 11.1 Å². The highest BCUT2D eigenvalue weighted by atomic mass is 35.5. The molecule has 3 nitrogen and oxygen atoms in total. The number of carbonyl (C=O) groups is 1. The summed E-state index contributed by atoms with van der Waals surface area (Å²) in [6, 6.07) is 16.0. The van der Waals surface area contributed by atoms with Crippen LogP contribution in [0.1, 0.15) is 22.3 Å². The summed E-state index contributed by atoms with van der Waals surface area (Å²) in [5.41, 5.74) is 4.54. The molecule has 0 N–H and O–H groups in total. The summed E-state index contributed by atoms with van der Waals surface area (Å²) >= 11 is 5.88. The SMILES string of the molecule is O=C(OCc1ccccc1)N1CCc2ccc(CCl)cc2C1. The third-order valence-electron chi connectivity index (χ3n) is 3.90. The Balaban J connectivity index is 1.62. The molecule has 0 radical (unpaired) electrons. The van der Waals surface area contributed by atoms with Crippen LogP contribution in [0.3, 0.4) is 0 Å². The van der Waals surface area contributed by atoms with Gasteiger partial charge in [-0.05, 0) is 28.7 Å². The van der Waals surface area contributed by atoms with Gasteiger partial charge < -0.3 is 9.64 Å². The smallest absolute Gasteiger partial charge is 0.410 e. The van der Waals surface area contributed by atoms with Crippen molar-refractivity contribution in [3.8, 4) is 0 Å². The van der Waals surface area contributed by atoms with Crippen molar-refractivity contribution in [2.45, 2.75) is 25.5 Å². The molecule has 0 unspecified atom stereocenters. The predicted octanol–water partition coefficient (Wildman–Crippen LogP) is 4.12. The molecule has 1 heterocycles. The molecule has 0 aromatic heterocycles. The average Bonchev–Trinajstić information content (AvgIpc) is 2.59. The Morgan fingerprint density at radius 1 is 1.09 bits per heavy atom. The molecule has 3 rings (SSSR count). The van der Waals surface area contributed by atoms with E-state index in [9.17, 15) is 4.79 Å². The molecule has 2 aromatic carbocycles. The van der Waals surface area contributed by atoms with E-state index < -0.39 is 0 Å². The van der Waals surface area contributed by atoms with Crippen molar-refractivity contribution in [2.75, 3.05) is 6.54 Å². The molecule has 2 aromatic rings. The molecule has 0 fully saturated rings. The van der Waals surface area contributed by atoms with Crippen LogP contribution in [-0.2, 0) is 30.2 Å². The Bertz CT molecular complexity index is 657. The number of benzene rings is 2. The summed E-state index contributed by atoms with van der Waals surface area (Å²) < 4.78 is 5.40. The Kier molecular flexibility index (Phi) is 4.64. The topological polar surface area (TPSA) is 29.5 Å². The second kappa shape index (κ2) is 6.84. The quantitative estimate of drug-likeness (QED) is 0.797. The predicted molar refractivity (Wildman–Crippen MR) is 86.7 cm³/mol. The van der Waals surface area contributed by atoms with Gasteiger partial charge in [0.25, 0.3) is 0 Å². The van der Waals surface area contributed by atoms with Gasteiger partial charge in [-0.2, -0.15) is 0 Å². The van der Waals surface area contributed by atoms with Crippen LogP contribution in [0.2, 0.25) is 0 Å². The van der Waals surface area contributed by atoms with Gasteiger partial charge >= 0.3 is 6.09 Å². The zero-order valence-electron chi connectivity index (χ0n) is 12.3. The third kappa shape index (κ3) is 3.42. The lowest BCUT2D eigenvalue weighted by atomic mass is 9.98. The van der Waals surface area contributed by atoms with Gasteiger partial charge in [-0.3, -0.25) is 0 Å². The normalized spacial score (nSPS) is 13.6. The summed E-state index contributed by atoms with van der Waals surface area (Å²) in [4.78, 5) is 14.0. The van der Waals surface area contributed by atoms with Gasteiger partial charge in [-0.25, -0.2) is 4.79 Å². The number of fused-ring (bicyclic) bond motifs is 1. The van der Waals surface area contributed by atoms with Crippen LogP contribution in [0, 0.1) is 0 Å². The Hall–Kier alpha value is -2.00. The summed E-state index contributed by atoms with van der Waals surface area (Å²) in [5, 5.41) is 0. The van der Waals surface area contributed by atoms with Gasteiger partial charge in [-0.1, -0.05) is 48.5 Å². The molecule has 0 saturated heterocycles. The van der Waals surface area contributed by atoms with Crippen molar-refractivity contribution in [1.29, 1.82) is 0 Å². The molecule has 0 bridgehead atoms. The molecular formula is C18H18ClNO2. The number of alkyl halides is 1. The van der Waals surface area contributed by atoms with Crippen molar-refractivity contribution in [3.63, 3.8) is 0 Å². The largest absolute Gasteiger partial charge is 0.445 e. The van der Waals surface area contributed by atoms with E-state index in [0.717, 1.165) is 17.5 Å². The van der Waals surface area contributed by atoms with E-state index in [-0.39, 0.29) is 6.09 Å². The monoisotopic (exact) mass is 315 g/mol. The van der Waals surface area contributed by atoms with Crippen LogP contribution in [0.5, 0.6) is 0 Å². The number of amides is 1. The summed E-state index contributed by atoms with van der Waals surface area (Å²) in [6.07, 6.45) is 0.601. The molecule has 0 aliphatic carbocycles. The Labute approximate surface area is 135 Å². The average molecular weight is 316 g/mol. The van der Waals surface area contributed by atoms with Gasteiger partial charge in [0.05, 0.1) is 0 Å². The van der Waals surface area contributed by atoms with Crippen LogP contribution in [0.15, 0.2) is 48.5 Å². The van der Waals surface area contributed by atoms with E-state index in [1.54, 1.807) is 4.90 Å². The standard InChI is InChI=1S/C18H18ClNO2/c19-11-15-6-7-16-8-9-20(12-17(16)10-15)18(21)22-13-14-4-2-1-3-5-14/h1-7,10H,8-9,11-13H2. The first-order chi connectivity index (χ1) is 10.8. The van der Waals surface area contributed by atoms with Gasteiger partial charge in [0.2, 0.25) is 0 Å². The van der Waals surface area contributed by atoms with Gasteiger partial charge in [-0.15, -0.1) is 11.6 Å². The molecule has 1 aliphatic rings. The van der Waals surface area contributed by atoms with Crippen LogP contribution in [0.25, 0.3) is 0 Å². The molecule has 22 heavy (non-hydrogen) atoms. The number of hydrogen-bond acceptors (Lipinski definition) is 2. The number of carbonyl (C=O) groups excluding carboxylic acids is 1. The summed E-state index contributed by atoms with van der Waals surface area (Å²) in [7, 11) is 0. The number of halogens is 1. The highest BCUT2D eigenvalue weighted by Gasteiger charge is 2.21. The van der Waals surface area contributed by atoms with Crippen LogP contribution < -0.4 is 0 Å². The zero-order chi connectivity index (χ0) is 15.4. The van der Waals surface area contributed by atoms with Crippen LogP contribution in [0.4, 0.5) is 4.79 Å². The molecule has 0 saturated carbocycles. The molecular weight excluding hydrogens is 298 g/mol. The third-order valence-corrected chi connectivity index (χ3v) is 4.21. The fraction of sp³-hybridized carbons (Fsp3) is 0.278. The van der Waals surface area contributed by atoms with Crippen LogP contribution >= 0.6 is 11.6 Å². The lowest BCUT2D eigenvalue weighted by Crippen LogP contribution is -2.36. The maximum atomic E-state index is 12.2. The molecule has 114 valence electrons. The van der Waals surface area contributed by atoms with E-state index >= 15 is 0 Å². The molecule has 0 atom stereocenters. The Morgan fingerprint density at radius 2 is 1.91 bits per heavy atom. The van der Waals surface area contributed by atoms with Gasteiger partial charge in [0.15, 0.2) is 0 Å². The highest BCUT2D eigenvalue weighted by Crippen LogP contribution is 2.22. The van der Waals surface area contributed by atoms with E-state index in [2.05, 4.69) is 18.2 Å². The minimum atomic E-state index is -0.259. The van der Waals surface area contributed by atoms with Gasteiger partial charge in [0.1, 0.15) is 6.61 Å². The first-order valence-electron chi connectivity index (χ1n) is 7.38. The van der Waals surface area contributed by atoms with E-state index in [1.807, 2.05) is 30.3 Å². The molecule has 1 amide bonds. The summed E-state index contributed by atoms with van der Waals surface area (Å²) in [5.74, 6) is 0.492. The number of nitrogens with zero attached hydrogens (tertiary/aromatic N) is 1. The van der Waals surface area contributed by atoms with Crippen molar-refractivity contribution in [3.05, 3.63) is 70.8 Å². The lowest BCUT2D eigenvalue weighted by molar-refractivity contribution is 0.0918. The lowest BCUT2D eigenvalue weighted by Gasteiger charge is -2.28. The fourth-order valence-corrected chi connectivity index (χ4v) is 2.83. The Morgan fingerprint density at radius 3 is 2.68 bits per heavy atom. The number of hydrogen-bond donors (Lipinski definition) is 0. The minimum absolute atomic E-state index is 0.259. The van der Waals surface area contributed by atoms with Crippen molar-refractivity contribution >= 4 is 17.7 Å². The van der Waals surface area contributed by atoms with E-state index in [4.69, 9.17) is 16.3 Å². The number of ether oxygens (including phenoxy) is 1. The summed E-state index contributed by atoms with van der Waals surface area (Å²) in [6.45, 7) is 1.60. The molecule has 1 aliphatic heterocycles. The zero-order valence-corrected chi connectivity index (χ0v) is 13.1. The maximum absolute atomic E-state index is 12.2. The maximum Gasteiger partial charge on any atom is 0.410 e. The first-order valence-corrected chi connectivity index (χ1v) is 7.92. The second-order valence-corrected chi connectivity index (χ2v) is 5.72. The van der Waals surface area contributed by atoms with Crippen molar-refractivity contribution < 1.29 is 9.53 Å². The second-order valence-electron chi connectivity index (χ2n) is 5.45.